The first-order valence-corrected chi connectivity index (χ1v) is 7.21. The molecule has 1 aliphatic rings. The highest BCUT2D eigenvalue weighted by Gasteiger charge is 2.33. The van der Waals surface area contributed by atoms with Gasteiger partial charge in [-0.2, -0.15) is 0 Å². The Labute approximate surface area is 101 Å². The second-order valence-electron chi connectivity index (χ2n) is 4.63. The van der Waals surface area contributed by atoms with Gasteiger partial charge in [0.25, 0.3) is 0 Å². The van der Waals surface area contributed by atoms with Crippen LogP contribution in [0.1, 0.15) is 58.3 Å². The largest absolute Gasteiger partial charge is 0.350 e. The van der Waals surface area contributed by atoms with Gasteiger partial charge in [-0.05, 0) is 19.3 Å². The van der Waals surface area contributed by atoms with Gasteiger partial charge in [-0.25, -0.2) is 0 Å². The fourth-order valence-corrected chi connectivity index (χ4v) is 2.94. The van der Waals surface area contributed by atoms with Crippen LogP contribution in [0.2, 0.25) is 0 Å². The summed E-state index contributed by atoms with van der Waals surface area (Å²) in [6.45, 7) is 2.16. The van der Waals surface area contributed by atoms with Crippen molar-refractivity contribution in [1.82, 2.24) is 5.32 Å². The third-order valence-electron chi connectivity index (χ3n) is 3.23. The highest BCUT2D eigenvalue weighted by atomic mass is 79.9. The number of carbonyl (C=O) groups excluding carboxylic acids is 1. The van der Waals surface area contributed by atoms with Crippen molar-refractivity contribution in [2.24, 2.45) is 0 Å². The zero-order chi connectivity index (χ0) is 11.1. The molecule has 1 aliphatic carbocycles. The molecule has 0 aliphatic heterocycles. The van der Waals surface area contributed by atoms with Crippen molar-refractivity contribution in [2.45, 2.75) is 63.8 Å². The molecule has 0 radical (unpaired) electrons. The number of amides is 1. The molecule has 0 aromatic carbocycles. The lowest BCUT2D eigenvalue weighted by atomic mass is 10.00. The van der Waals surface area contributed by atoms with Crippen molar-refractivity contribution in [3.05, 3.63) is 0 Å². The summed E-state index contributed by atoms with van der Waals surface area (Å²) in [6.07, 6.45) is 8.84. The Bertz CT molecular complexity index is 200. The van der Waals surface area contributed by atoms with Crippen LogP contribution in [0.25, 0.3) is 0 Å². The Kier molecular flexibility index (Phi) is 5.65. The average molecular weight is 276 g/mol. The summed E-state index contributed by atoms with van der Waals surface area (Å²) in [6, 6.07) is 0. The summed E-state index contributed by atoms with van der Waals surface area (Å²) in [5.41, 5.74) is 0.0727. The molecule has 0 bridgehead atoms. The summed E-state index contributed by atoms with van der Waals surface area (Å²) >= 11 is 3.53. The normalized spacial score (nSPS) is 19.1. The van der Waals surface area contributed by atoms with Crippen molar-refractivity contribution < 1.29 is 4.79 Å². The van der Waals surface area contributed by atoms with Crippen molar-refractivity contribution in [2.75, 3.05) is 5.33 Å². The summed E-state index contributed by atoms with van der Waals surface area (Å²) in [7, 11) is 0. The molecular weight excluding hydrogens is 254 g/mol. The van der Waals surface area contributed by atoms with E-state index in [1.165, 1.54) is 19.3 Å². The maximum absolute atomic E-state index is 11.7. The smallest absolute Gasteiger partial charge is 0.220 e. The van der Waals surface area contributed by atoms with Gasteiger partial charge in [-0.3, -0.25) is 4.79 Å². The van der Waals surface area contributed by atoms with E-state index in [9.17, 15) is 4.79 Å². The fourth-order valence-electron chi connectivity index (χ4n) is 2.24. The second kappa shape index (κ2) is 6.51. The molecule has 1 fully saturated rings. The third kappa shape index (κ3) is 4.13. The maximum Gasteiger partial charge on any atom is 0.220 e. The van der Waals surface area contributed by atoms with E-state index in [1.807, 2.05) is 0 Å². The van der Waals surface area contributed by atoms with Gasteiger partial charge in [0.2, 0.25) is 5.91 Å². The minimum absolute atomic E-state index is 0.0727. The first-order chi connectivity index (χ1) is 7.22. The molecule has 0 atom stereocenters. The van der Waals surface area contributed by atoms with E-state index >= 15 is 0 Å². The van der Waals surface area contributed by atoms with Gasteiger partial charge in [0, 0.05) is 17.3 Å². The average Bonchev–Trinajstić information content (AvgIpc) is 2.67. The molecule has 0 unspecified atom stereocenters. The van der Waals surface area contributed by atoms with Crippen molar-refractivity contribution >= 4 is 21.8 Å². The van der Waals surface area contributed by atoms with Gasteiger partial charge in [-0.1, -0.05) is 48.5 Å². The Balaban J connectivity index is 2.28. The van der Waals surface area contributed by atoms with Gasteiger partial charge in [0.15, 0.2) is 0 Å². The summed E-state index contributed by atoms with van der Waals surface area (Å²) in [5.74, 6) is 0.241. The fraction of sp³-hybridized carbons (Fsp3) is 0.917. The van der Waals surface area contributed by atoms with Crippen LogP contribution >= 0.6 is 15.9 Å². The van der Waals surface area contributed by atoms with Crippen molar-refractivity contribution in [3.8, 4) is 0 Å². The predicted octanol–water partition coefficient (Wildman–Crippen LogP) is 3.39. The van der Waals surface area contributed by atoms with E-state index in [4.69, 9.17) is 0 Å². The van der Waals surface area contributed by atoms with Gasteiger partial charge in [0.1, 0.15) is 0 Å². The Morgan fingerprint density at radius 1 is 1.33 bits per heavy atom. The molecular formula is C12H22BrNO. The quantitative estimate of drug-likeness (QED) is 0.584. The number of unbranched alkanes of at least 4 members (excludes halogenated alkanes) is 2. The molecule has 88 valence electrons. The number of hydrogen-bond donors (Lipinski definition) is 1. The van der Waals surface area contributed by atoms with Crippen molar-refractivity contribution in [3.63, 3.8) is 0 Å². The second-order valence-corrected chi connectivity index (χ2v) is 5.19. The van der Waals surface area contributed by atoms with E-state index in [2.05, 4.69) is 28.2 Å². The number of halogens is 1. The molecule has 0 saturated heterocycles. The van der Waals surface area contributed by atoms with Crippen LogP contribution in [0.15, 0.2) is 0 Å². The molecule has 1 rings (SSSR count). The monoisotopic (exact) mass is 275 g/mol. The molecule has 1 amide bonds. The van der Waals surface area contributed by atoms with Crippen molar-refractivity contribution in [1.29, 1.82) is 0 Å². The molecule has 2 nitrogen and oxygen atoms in total. The highest BCUT2D eigenvalue weighted by Crippen LogP contribution is 2.31. The van der Waals surface area contributed by atoms with E-state index in [0.29, 0.717) is 6.42 Å². The number of hydrogen-bond acceptors (Lipinski definition) is 1. The molecule has 3 heteroatoms. The lowest BCUT2D eigenvalue weighted by Crippen LogP contribution is -2.47. The van der Waals surface area contributed by atoms with Crippen LogP contribution in [0, 0.1) is 0 Å². The van der Waals surface area contributed by atoms with E-state index in [1.54, 1.807) is 0 Å². The number of rotatable bonds is 6. The molecule has 0 aromatic heterocycles. The molecule has 0 aromatic rings. The summed E-state index contributed by atoms with van der Waals surface area (Å²) in [4.78, 5) is 11.7. The van der Waals surface area contributed by atoms with Crippen LogP contribution < -0.4 is 5.32 Å². The van der Waals surface area contributed by atoms with Gasteiger partial charge in [0.05, 0.1) is 0 Å². The number of alkyl halides is 1. The Morgan fingerprint density at radius 3 is 2.53 bits per heavy atom. The first kappa shape index (κ1) is 13.0. The maximum atomic E-state index is 11.7. The van der Waals surface area contributed by atoms with E-state index < -0.39 is 0 Å². The minimum Gasteiger partial charge on any atom is -0.350 e. The van der Waals surface area contributed by atoms with Gasteiger partial charge < -0.3 is 5.32 Å². The summed E-state index contributed by atoms with van der Waals surface area (Å²) < 4.78 is 0. The number of carbonyl (C=O) groups is 1. The van der Waals surface area contributed by atoms with Crippen LogP contribution in [-0.4, -0.2) is 16.8 Å². The third-order valence-corrected chi connectivity index (χ3v) is 4.30. The zero-order valence-corrected chi connectivity index (χ0v) is 11.2. The zero-order valence-electron chi connectivity index (χ0n) is 9.65. The minimum atomic E-state index is 0.0727. The number of nitrogens with one attached hydrogen (secondary N) is 1. The standard InChI is InChI=1S/C12H22BrNO/c1-2-3-4-7-11(15)14-12(10-13)8-5-6-9-12/h2-10H2,1H3,(H,14,15). The molecule has 1 saturated carbocycles. The topological polar surface area (TPSA) is 29.1 Å². The van der Waals surface area contributed by atoms with Crippen LogP contribution in [0.3, 0.4) is 0 Å². The van der Waals surface area contributed by atoms with Crippen LogP contribution in [0.5, 0.6) is 0 Å². The van der Waals surface area contributed by atoms with E-state index in [-0.39, 0.29) is 11.4 Å². The first-order valence-electron chi connectivity index (χ1n) is 6.09. The molecule has 0 spiro atoms. The molecule has 1 N–H and O–H groups in total. The summed E-state index contributed by atoms with van der Waals surface area (Å²) in [5, 5.41) is 4.12. The predicted molar refractivity (Wildman–Crippen MR) is 67.3 cm³/mol. The lowest BCUT2D eigenvalue weighted by molar-refractivity contribution is -0.122. The lowest BCUT2D eigenvalue weighted by Gasteiger charge is -2.28. The van der Waals surface area contributed by atoms with Crippen LogP contribution in [-0.2, 0) is 4.79 Å². The van der Waals surface area contributed by atoms with E-state index in [0.717, 1.165) is 31.0 Å². The SMILES string of the molecule is CCCCCC(=O)NC1(CBr)CCCC1. The Hall–Kier alpha value is -0.0500. The van der Waals surface area contributed by atoms with Gasteiger partial charge in [-0.15, -0.1) is 0 Å². The van der Waals surface area contributed by atoms with Gasteiger partial charge >= 0.3 is 0 Å². The molecule has 0 heterocycles. The van der Waals surface area contributed by atoms with Crippen LogP contribution in [0.4, 0.5) is 0 Å². The molecule has 15 heavy (non-hydrogen) atoms. The highest BCUT2D eigenvalue weighted by molar-refractivity contribution is 9.09. The Morgan fingerprint density at radius 2 is 2.00 bits per heavy atom.